The topological polar surface area (TPSA) is 37.3 Å². The quantitative estimate of drug-likeness (QED) is 0.486. The van der Waals surface area contributed by atoms with Gasteiger partial charge in [-0.2, -0.15) is 0 Å². The van der Waals surface area contributed by atoms with Gasteiger partial charge in [0.2, 0.25) is 0 Å². The number of hydrogen-bond donors (Lipinski definition) is 1. The summed E-state index contributed by atoms with van der Waals surface area (Å²) in [6, 6.07) is 7.07. The molecule has 0 amide bonds. The van der Waals surface area contributed by atoms with Crippen molar-refractivity contribution in [3.05, 3.63) is 42.0 Å². The molecule has 0 aromatic heterocycles. The van der Waals surface area contributed by atoms with Crippen LogP contribution in [0, 0.1) is 0 Å². The third-order valence-electron chi connectivity index (χ3n) is 16.6. The number of rotatable bonds is 3. The molecule has 11 rings (SSSR count). The maximum atomic E-state index is 13.2. The molecule has 1 N–H and O–H groups in total. The number of benzene rings is 1. The van der Waals surface area contributed by atoms with Gasteiger partial charge in [-0.25, -0.2) is 0 Å². The molecule has 10 heterocycles. The molecule has 10 fully saturated rings. The van der Waals surface area contributed by atoms with E-state index in [0.717, 1.165) is 15.2 Å². The molecule has 0 aliphatic carbocycles. The first kappa shape index (κ1) is 8.70. The third-order valence-corrected chi connectivity index (χ3v) is 58.9. The van der Waals surface area contributed by atoms with Gasteiger partial charge in [-0.15, -0.1) is 0 Å². The Morgan fingerprint density at radius 1 is 1.00 bits per heavy atom. The van der Waals surface area contributed by atoms with E-state index in [2.05, 4.69) is 6.58 Å². The molecule has 0 radical (unpaired) electrons. The van der Waals surface area contributed by atoms with Crippen molar-refractivity contribution in [2.75, 3.05) is 0 Å². The number of fused-ring (bicyclic) bond motifs is 10. The molecule has 2 nitrogen and oxygen atoms in total. The van der Waals surface area contributed by atoms with E-state index in [1.807, 2.05) is 6.07 Å². The van der Waals surface area contributed by atoms with Crippen molar-refractivity contribution < 1.29 is 16.4 Å². The van der Waals surface area contributed by atoms with E-state index < -0.39 is 6.51 Å². The molecule has 10 aliphatic rings. The van der Waals surface area contributed by atoms with Crippen molar-refractivity contribution in [2.45, 2.75) is 47.7 Å². The van der Waals surface area contributed by atoms with E-state index in [0.29, 0.717) is 9.88 Å². The van der Waals surface area contributed by atoms with Crippen LogP contribution in [0.15, 0.2) is 36.4 Å². The first-order chi connectivity index (χ1) is 10.4. The number of Topliss-reactive ketones (excluding diaryl/α,β-unsaturated/α-hetero) is 1. The Labute approximate surface area is 117 Å². The zero-order valence-corrected chi connectivity index (χ0v) is 13.0. The van der Waals surface area contributed by atoms with E-state index in [9.17, 15) is 9.90 Å². The monoisotopic (exact) mass is 332 g/mol. The number of carbonyl (C=O) groups excluding carboxylic acids is 1. The standard InChI is InChI=1S/C14H11O2.C5H5.Fe/c1-10(11-6-2-3-7-11)14(16)12-8-4-5-9-13(12)15;1-2-4-5-3-1;/h2-9,15H,1H2;1-5H;. The number of ketones is 1. The normalized spacial score (nSPS) is 94.3. The molecule has 4 atom stereocenters. The van der Waals surface area contributed by atoms with Crippen LogP contribution in [-0.2, 0) is 6.51 Å². The van der Waals surface area contributed by atoms with E-state index in [1.54, 1.807) is 18.2 Å². The number of aromatic hydroxyl groups is 1. The van der Waals surface area contributed by atoms with Crippen LogP contribution in [0.4, 0.5) is 0 Å². The molecule has 3 heteroatoms. The van der Waals surface area contributed by atoms with Crippen molar-refractivity contribution in [1.82, 2.24) is 0 Å². The van der Waals surface area contributed by atoms with Crippen molar-refractivity contribution in [3.8, 4) is 5.75 Å². The maximum absolute atomic E-state index is 13.2. The van der Waals surface area contributed by atoms with E-state index in [4.69, 9.17) is 0 Å². The predicted molar refractivity (Wildman–Crippen MR) is 78.0 cm³/mol. The summed E-state index contributed by atoms with van der Waals surface area (Å²) in [5.74, 6) is 0.228. The predicted octanol–water partition coefficient (Wildman–Crippen LogP) is 4.89. The second-order valence-electron chi connectivity index (χ2n) is 12.0. The fourth-order valence-electron chi connectivity index (χ4n) is 18.0. The first-order valence-electron chi connectivity index (χ1n) is 8.62. The molecule has 0 bridgehead atoms. The van der Waals surface area contributed by atoms with Gasteiger partial charge in [0, 0.05) is 0 Å². The number of hydrogen-bond acceptors (Lipinski definition) is 2. The zero-order chi connectivity index (χ0) is 14.2. The minimum absolute atomic E-state index is 0.0890. The summed E-state index contributed by atoms with van der Waals surface area (Å²) in [5, 5.41) is 10.1. The average Bonchev–Trinajstić information content (AvgIpc) is 3.47. The Balaban J connectivity index is 1.28. The van der Waals surface area contributed by atoms with Crippen LogP contribution in [0.5, 0.6) is 5.75 Å². The third kappa shape index (κ3) is 0.109. The molecule has 4 unspecified atom stereocenters. The van der Waals surface area contributed by atoms with Gasteiger partial charge in [0.25, 0.3) is 0 Å². The van der Waals surface area contributed by atoms with Gasteiger partial charge < -0.3 is 0 Å². The zero-order valence-electron chi connectivity index (χ0n) is 11.9. The molecule has 22 heavy (non-hydrogen) atoms. The molecule has 1 spiro atoms. The molecular formula is C19H16FeO2. The van der Waals surface area contributed by atoms with Crippen LogP contribution in [0.1, 0.15) is 10.4 Å². The summed E-state index contributed by atoms with van der Waals surface area (Å²) in [6.45, 7) is 1.15. The summed E-state index contributed by atoms with van der Waals surface area (Å²) in [5.41, 5.74) is 1.49. The van der Waals surface area contributed by atoms with Gasteiger partial charge in [-0.1, -0.05) is 0 Å². The van der Waals surface area contributed by atoms with Gasteiger partial charge in [0.15, 0.2) is 0 Å². The van der Waals surface area contributed by atoms with Crippen LogP contribution in [0.3, 0.4) is 0 Å². The second-order valence-corrected chi connectivity index (χ2v) is 35.6. The van der Waals surface area contributed by atoms with Gasteiger partial charge in [-0.05, 0) is 0 Å². The van der Waals surface area contributed by atoms with Crippen molar-refractivity contribution >= 4 is 5.78 Å². The van der Waals surface area contributed by atoms with Crippen molar-refractivity contribution in [3.63, 3.8) is 0 Å². The van der Waals surface area contributed by atoms with Crippen LogP contribution < -0.4 is 0 Å². The number of allylic oxidation sites excluding steroid dienone is 1. The van der Waals surface area contributed by atoms with E-state index in [1.165, 1.54) is 33.7 Å². The summed E-state index contributed by atoms with van der Waals surface area (Å²) in [4.78, 5) is 23.8. The minimum atomic E-state index is -3.29. The van der Waals surface area contributed by atoms with E-state index in [-0.39, 0.29) is 11.5 Å². The van der Waals surface area contributed by atoms with Crippen molar-refractivity contribution in [2.24, 2.45) is 0 Å². The summed E-state index contributed by atoms with van der Waals surface area (Å²) >= 11 is 0. The molecule has 1 aromatic rings. The van der Waals surface area contributed by atoms with Crippen molar-refractivity contribution in [1.29, 1.82) is 0 Å². The van der Waals surface area contributed by atoms with Crippen LogP contribution >= 0.6 is 0 Å². The molecule has 0 saturated carbocycles. The molecule has 10 saturated heterocycles. The molecule has 1 aromatic carbocycles. The number of phenols is 1. The van der Waals surface area contributed by atoms with Gasteiger partial charge in [0.1, 0.15) is 0 Å². The Morgan fingerprint density at radius 2 is 1.55 bits per heavy atom. The Morgan fingerprint density at radius 3 is 1.95 bits per heavy atom. The Bertz CT molecular complexity index is 1280. The fourth-order valence-corrected chi connectivity index (χ4v) is 92.3. The molecule has 10 aliphatic heterocycles. The molecule has 112 valence electrons. The number of phenolic OH excluding ortho intramolecular Hbond substituents is 1. The first-order valence-corrected chi connectivity index (χ1v) is 14.9. The summed E-state index contributed by atoms with van der Waals surface area (Å²) in [6.07, 6.45) is 0. The fraction of sp³-hybridized carbons (Fsp3) is 0.526. The Hall–Kier alpha value is -1.05. The van der Waals surface area contributed by atoms with E-state index >= 15 is 0 Å². The molecular weight excluding hydrogens is 316 g/mol. The van der Waals surface area contributed by atoms with Gasteiger partial charge in [-0.3, -0.25) is 0 Å². The van der Waals surface area contributed by atoms with Gasteiger partial charge >= 0.3 is 118 Å². The number of para-hydroxylation sites is 1. The average molecular weight is 332 g/mol. The van der Waals surface area contributed by atoms with Crippen LogP contribution in [0.25, 0.3) is 0 Å². The van der Waals surface area contributed by atoms with Crippen LogP contribution in [-0.4, -0.2) is 10.9 Å². The van der Waals surface area contributed by atoms with Gasteiger partial charge in [0.05, 0.1) is 0 Å². The second kappa shape index (κ2) is 0.829. The Kier molecular flexibility index (Phi) is 0.328. The number of carbonyl (C=O) groups is 1. The van der Waals surface area contributed by atoms with Crippen LogP contribution in [0.2, 0.25) is 47.7 Å². The summed E-state index contributed by atoms with van der Waals surface area (Å²) in [7, 11) is 0. The summed E-state index contributed by atoms with van der Waals surface area (Å²) < 4.78 is 0.415. The SMILES string of the molecule is C=C(C(=O)c1ccccc1O)[C]12[CH]3[CH]4[CH]5[CH]1[Fe]45321678[CH]2[CH]1[CH]6[CH]7[CH]28.